The van der Waals surface area contributed by atoms with Crippen LogP contribution in [0.15, 0.2) is 18.2 Å². The van der Waals surface area contributed by atoms with Crippen LogP contribution in [0.25, 0.3) is 11.0 Å². The zero-order valence-corrected chi connectivity index (χ0v) is 13.0. The van der Waals surface area contributed by atoms with Crippen molar-refractivity contribution < 1.29 is 4.74 Å². The number of alkyl halides is 1. The Hall–Kier alpha value is -0.770. The van der Waals surface area contributed by atoms with E-state index >= 15 is 0 Å². The molecule has 0 bridgehead atoms. The third kappa shape index (κ3) is 2.80. The van der Waals surface area contributed by atoms with Gasteiger partial charge in [0, 0.05) is 18.2 Å². The van der Waals surface area contributed by atoms with Gasteiger partial charge in [-0.05, 0) is 44.4 Å². The Kier molecular flexibility index (Phi) is 4.20. The van der Waals surface area contributed by atoms with Gasteiger partial charge >= 0.3 is 0 Å². The van der Waals surface area contributed by atoms with Crippen molar-refractivity contribution in [2.24, 2.45) is 0 Å². The fourth-order valence-electron chi connectivity index (χ4n) is 2.81. The van der Waals surface area contributed by atoms with E-state index in [1.165, 1.54) is 6.42 Å². The second kappa shape index (κ2) is 5.92. The number of benzene rings is 1. The number of aryl methyl sites for hydroxylation is 1. The zero-order chi connectivity index (χ0) is 14.1. The van der Waals surface area contributed by atoms with E-state index in [1.807, 2.05) is 25.1 Å². The number of imidazole rings is 1. The molecule has 1 fully saturated rings. The molecular formula is C15H18Cl2N2O. The summed E-state index contributed by atoms with van der Waals surface area (Å²) in [5, 5.41) is 0.584. The standard InChI is InChI=1S/C15H18Cl2N2O/c1-10(16)15-18-13-9-11(17)4-5-14(13)19(15)7-6-12-3-2-8-20-12/h4-5,9-10,12H,2-3,6-8H2,1H3. The van der Waals surface area contributed by atoms with Crippen molar-refractivity contribution >= 4 is 34.2 Å². The molecule has 1 saturated heterocycles. The van der Waals surface area contributed by atoms with Crippen LogP contribution in [-0.2, 0) is 11.3 Å². The van der Waals surface area contributed by atoms with Crippen molar-refractivity contribution in [3.8, 4) is 0 Å². The number of hydrogen-bond acceptors (Lipinski definition) is 2. The highest BCUT2D eigenvalue weighted by Crippen LogP contribution is 2.27. The van der Waals surface area contributed by atoms with Gasteiger partial charge in [0.25, 0.3) is 0 Å². The number of hydrogen-bond donors (Lipinski definition) is 0. The van der Waals surface area contributed by atoms with Crippen LogP contribution in [0.2, 0.25) is 5.02 Å². The Balaban J connectivity index is 1.91. The summed E-state index contributed by atoms with van der Waals surface area (Å²) in [5.74, 6) is 0.905. The van der Waals surface area contributed by atoms with Crippen molar-refractivity contribution in [3.05, 3.63) is 29.0 Å². The molecule has 2 heterocycles. The van der Waals surface area contributed by atoms with Crippen molar-refractivity contribution in [2.75, 3.05) is 6.61 Å². The molecular weight excluding hydrogens is 295 g/mol. The molecule has 3 rings (SSSR count). The maximum absolute atomic E-state index is 6.27. The quantitative estimate of drug-likeness (QED) is 0.774. The van der Waals surface area contributed by atoms with Gasteiger partial charge in [-0.15, -0.1) is 11.6 Å². The summed E-state index contributed by atoms with van der Waals surface area (Å²) < 4.78 is 7.89. The predicted octanol–water partition coefficient (Wildman–Crippen LogP) is 4.56. The van der Waals surface area contributed by atoms with Gasteiger partial charge in [-0.25, -0.2) is 4.98 Å². The first-order valence-electron chi connectivity index (χ1n) is 7.06. The van der Waals surface area contributed by atoms with Gasteiger partial charge < -0.3 is 9.30 Å². The van der Waals surface area contributed by atoms with E-state index in [0.717, 1.165) is 42.9 Å². The van der Waals surface area contributed by atoms with Crippen molar-refractivity contribution in [3.63, 3.8) is 0 Å². The van der Waals surface area contributed by atoms with E-state index in [0.29, 0.717) is 11.1 Å². The number of halogens is 2. The molecule has 3 nitrogen and oxygen atoms in total. The average molecular weight is 313 g/mol. The first kappa shape index (κ1) is 14.2. The lowest BCUT2D eigenvalue weighted by Crippen LogP contribution is -2.12. The molecule has 2 unspecified atom stereocenters. The number of rotatable bonds is 4. The van der Waals surface area contributed by atoms with Gasteiger partial charge in [-0.3, -0.25) is 0 Å². The fourth-order valence-corrected chi connectivity index (χ4v) is 3.14. The SMILES string of the molecule is CC(Cl)c1nc2cc(Cl)ccc2n1CCC1CCCO1. The minimum absolute atomic E-state index is 0.120. The molecule has 0 saturated carbocycles. The third-order valence-corrected chi connectivity index (χ3v) is 4.22. The second-order valence-corrected chi connectivity index (χ2v) is 6.39. The predicted molar refractivity (Wildman–Crippen MR) is 82.6 cm³/mol. The average Bonchev–Trinajstić information content (AvgIpc) is 3.02. The van der Waals surface area contributed by atoms with Crippen LogP contribution in [0, 0.1) is 0 Å². The van der Waals surface area contributed by atoms with Gasteiger partial charge in [0.1, 0.15) is 5.82 Å². The molecule has 1 aromatic carbocycles. The van der Waals surface area contributed by atoms with E-state index < -0.39 is 0 Å². The molecule has 0 spiro atoms. The summed E-state index contributed by atoms with van der Waals surface area (Å²) in [6.07, 6.45) is 3.71. The molecule has 0 N–H and O–H groups in total. The summed E-state index contributed by atoms with van der Waals surface area (Å²) >= 11 is 12.3. The fraction of sp³-hybridized carbons (Fsp3) is 0.533. The Morgan fingerprint density at radius 2 is 2.35 bits per heavy atom. The van der Waals surface area contributed by atoms with E-state index in [-0.39, 0.29) is 5.38 Å². The number of nitrogens with zero attached hydrogens (tertiary/aromatic N) is 2. The summed E-state index contributed by atoms with van der Waals surface area (Å²) in [6.45, 7) is 3.73. The van der Waals surface area contributed by atoms with Crippen LogP contribution in [-0.4, -0.2) is 22.3 Å². The van der Waals surface area contributed by atoms with Crippen molar-refractivity contribution in [1.29, 1.82) is 0 Å². The first-order valence-corrected chi connectivity index (χ1v) is 7.88. The molecule has 20 heavy (non-hydrogen) atoms. The van der Waals surface area contributed by atoms with Crippen LogP contribution < -0.4 is 0 Å². The lowest BCUT2D eigenvalue weighted by Gasteiger charge is -2.13. The normalized spacial score (nSPS) is 20.6. The summed E-state index contributed by atoms with van der Waals surface area (Å²) in [5.41, 5.74) is 2.00. The Morgan fingerprint density at radius 3 is 3.05 bits per heavy atom. The molecule has 2 aromatic rings. The number of fused-ring (bicyclic) bond motifs is 1. The van der Waals surface area contributed by atoms with E-state index in [2.05, 4.69) is 9.55 Å². The maximum atomic E-state index is 6.27. The molecule has 2 atom stereocenters. The highest BCUT2D eigenvalue weighted by atomic mass is 35.5. The molecule has 5 heteroatoms. The van der Waals surface area contributed by atoms with Crippen molar-refractivity contribution in [1.82, 2.24) is 9.55 Å². The first-order chi connectivity index (χ1) is 9.65. The summed E-state index contributed by atoms with van der Waals surface area (Å²) in [6, 6.07) is 5.81. The molecule has 0 radical (unpaired) electrons. The van der Waals surface area contributed by atoms with Crippen LogP contribution in [0.3, 0.4) is 0 Å². The van der Waals surface area contributed by atoms with E-state index in [4.69, 9.17) is 27.9 Å². The zero-order valence-electron chi connectivity index (χ0n) is 11.5. The second-order valence-electron chi connectivity index (χ2n) is 5.29. The molecule has 1 aromatic heterocycles. The number of ether oxygens (including phenoxy) is 1. The molecule has 1 aliphatic heterocycles. The molecule has 1 aliphatic rings. The number of aromatic nitrogens is 2. The van der Waals surface area contributed by atoms with Crippen LogP contribution in [0.5, 0.6) is 0 Å². The van der Waals surface area contributed by atoms with Crippen LogP contribution in [0.1, 0.15) is 37.4 Å². The lowest BCUT2D eigenvalue weighted by molar-refractivity contribution is 0.100. The summed E-state index contributed by atoms with van der Waals surface area (Å²) in [7, 11) is 0. The smallest absolute Gasteiger partial charge is 0.127 e. The topological polar surface area (TPSA) is 27.1 Å². The minimum atomic E-state index is -0.120. The Morgan fingerprint density at radius 1 is 1.50 bits per heavy atom. The van der Waals surface area contributed by atoms with Crippen LogP contribution >= 0.6 is 23.2 Å². The largest absolute Gasteiger partial charge is 0.378 e. The van der Waals surface area contributed by atoms with Gasteiger partial charge in [-0.2, -0.15) is 0 Å². The highest BCUT2D eigenvalue weighted by molar-refractivity contribution is 6.31. The van der Waals surface area contributed by atoms with Gasteiger partial charge in [0.05, 0.1) is 22.5 Å². The Bertz CT molecular complexity index is 603. The van der Waals surface area contributed by atoms with Gasteiger partial charge in [0.15, 0.2) is 0 Å². The van der Waals surface area contributed by atoms with Crippen LogP contribution in [0.4, 0.5) is 0 Å². The summed E-state index contributed by atoms with van der Waals surface area (Å²) in [4.78, 5) is 4.62. The highest BCUT2D eigenvalue weighted by Gasteiger charge is 2.19. The molecule has 108 valence electrons. The molecule has 0 aliphatic carbocycles. The Labute approximate surface area is 128 Å². The van der Waals surface area contributed by atoms with E-state index in [1.54, 1.807) is 0 Å². The lowest BCUT2D eigenvalue weighted by atomic mass is 10.2. The molecule has 0 amide bonds. The monoisotopic (exact) mass is 312 g/mol. The third-order valence-electron chi connectivity index (χ3n) is 3.79. The van der Waals surface area contributed by atoms with E-state index in [9.17, 15) is 0 Å². The van der Waals surface area contributed by atoms with Crippen molar-refractivity contribution in [2.45, 2.75) is 44.2 Å². The van der Waals surface area contributed by atoms with Gasteiger partial charge in [-0.1, -0.05) is 11.6 Å². The maximum Gasteiger partial charge on any atom is 0.127 e. The van der Waals surface area contributed by atoms with Gasteiger partial charge in [0.2, 0.25) is 0 Å². The minimum Gasteiger partial charge on any atom is -0.378 e.